The lowest BCUT2D eigenvalue weighted by atomic mass is 9.81. The summed E-state index contributed by atoms with van der Waals surface area (Å²) in [5.41, 5.74) is 6.24. The van der Waals surface area contributed by atoms with Crippen LogP contribution in [0.3, 0.4) is 0 Å². The van der Waals surface area contributed by atoms with E-state index in [1.165, 1.54) is 0 Å². The van der Waals surface area contributed by atoms with Crippen molar-refractivity contribution in [2.75, 3.05) is 6.54 Å². The van der Waals surface area contributed by atoms with Crippen LogP contribution in [0, 0.1) is 5.41 Å². The van der Waals surface area contributed by atoms with Crippen molar-refractivity contribution in [3.63, 3.8) is 0 Å². The molecule has 1 aromatic heterocycles. The molecule has 0 unspecified atom stereocenters. The van der Waals surface area contributed by atoms with Gasteiger partial charge in [-0.3, -0.25) is 4.79 Å². The van der Waals surface area contributed by atoms with Crippen molar-refractivity contribution in [1.82, 2.24) is 10.3 Å². The van der Waals surface area contributed by atoms with Crippen molar-refractivity contribution in [1.29, 1.82) is 0 Å². The molecule has 1 amide bonds. The minimum Gasteiger partial charge on any atom is -0.439 e. The highest BCUT2D eigenvalue weighted by Gasteiger charge is 2.32. The lowest BCUT2D eigenvalue weighted by molar-refractivity contribution is -0.131. The van der Waals surface area contributed by atoms with Crippen LogP contribution in [0.1, 0.15) is 32.3 Å². The van der Waals surface area contributed by atoms with Crippen LogP contribution < -0.4 is 15.8 Å². The molecular weight excluding hydrogens is 302 g/mol. The molecule has 2 rings (SSSR count). The zero-order valence-electron chi connectivity index (χ0n) is 14.3. The predicted molar refractivity (Wildman–Crippen MR) is 94.7 cm³/mol. The van der Waals surface area contributed by atoms with Gasteiger partial charge in [-0.15, -0.1) is 0 Å². The Bertz CT molecular complexity index is 629. The smallest absolute Gasteiger partial charge is 0.227 e. The zero-order chi connectivity index (χ0) is 17.4. The van der Waals surface area contributed by atoms with Gasteiger partial charge in [0.15, 0.2) is 0 Å². The molecule has 0 atom stereocenters. The van der Waals surface area contributed by atoms with Crippen LogP contribution in [-0.4, -0.2) is 17.4 Å². The van der Waals surface area contributed by atoms with Crippen LogP contribution in [0.25, 0.3) is 0 Å². The Kier molecular flexibility index (Phi) is 6.32. The maximum absolute atomic E-state index is 12.4. The average molecular weight is 327 g/mol. The van der Waals surface area contributed by atoms with E-state index in [0.717, 1.165) is 24.2 Å². The number of rotatable bonds is 8. The first-order chi connectivity index (χ1) is 11.6. The highest BCUT2D eigenvalue weighted by Crippen LogP contribution is 2.25. The molecule has 0 saturated heterocycles. The van der Waals surface area contributed by atoms with E-state index in [2.05, 4.69) is 10.3 Å². The van der Waals surface area contributed by atoms with Gasteiger partial charge in [0.25, 0.3) is 0 Å². The fraction of sp³-hybridized carbons (Fsp3) is 0.368. The number of hydrogen-bond acceptors (Lipinski definition) is 4. The Morgan fingerprint density at radius 3 is 2.42 bits per heavy atom. The molecule has 2 aromatic rings. The van der Waals surface area contributed by atoms with E-state index in [4.69, 9.17) is 10.5 Å². The van der Waals surface area contributed by atoms with Gasteiger partial charge in [0.2, 0.25) is 11.8 Å². The van der Waals surface area contributed by atoms with E-state index in [-0.39, 0.29) is 5.91 Å². The molecule has 1 aromatic carbocycles. The molecule has 3 N–H and O–H groups in total. The summed E-state index contributed by atoms with van der Waals surface area (Å²) in [5.74, 6) is 1.26. The fourth-order valence-corrected chi connectivity index (χ4v) is 2.51. The summed E-state index contributed by atoms with van der Waals surface area (Å²) in [7, 11) is 0. The van der Waals surface area contributed by atoms with Crippen molar-refractivity contribution >= 4 is 5.91 Å². The summed E-state index contributed by atoms with van der Waals surface area (Å²) >= 11 is 0. The molecule has 0 aliphatic rings. The second-order valence-electron chi connectivity index (χ2n) is 5.79. The van der Waals surface area contributed by atoms with E-state index in [9.17, 15) is 4.79 Å². The molecule has 0 spiro atoms. The van der Waals surface area contributed by atoms with Crippen LogP contribution in [0.15, 0.2) is 48.7 Å². The van der Waals surface area contributed by atoms with Gasteiger partial charge >= 0.3 is 0 Å². The van der Waals surface area contributed by atoms with Gasteiger partial charge in [0.05, 0.1) is 5.41 Å². The molecule has 0 aliphatic heterocycles. The number of benzene rings is 1. The summed E-state index contributed by atoms with van der Waals surface area (Å²) in [5, 5.41) is 2.96. The van der Waals surface area contributed by atoms with Crippen molar-refractivity contribution in [3.05, 3.63) is 54.2 Å². The first kappa shape index (κ1) is 17.9. The molecule has 1 heterocycles. The molecule has 0 saturated carbocycles. The fourth-order valence-electron chi connectivity index (χ4n) is 2.51. The molecular formula is C19H25N3O2. The van der Waals surface area contributed by atoms with Gasteiger partial charge in [-0.1, -0.05) is 38.1 Å². The second kappa shape index (κ2) is 8.45. The Morgan fingerprint density at radius 1 is 1.17 bits per heavy atom. The number of carbonyl (C=O) groups excluding carboxylic acids is 1. The average Bonchev–Trinajstić information content (AvgIpc) is 2.64. The van der Waals surface area contributed by atoms with Gasteiger partial charge in [-0.25, -0.2) is 4.98 Å². The van der Waals surface area contributed by atoms with Crippen LogP contribution in [0.4, 0.5) is 0 Å². The molecule has 0 radical (unpaired) electrons. The zero-order valence-corrected chi connectivity index (χ0v) is 14.3. The molecule has 5 heteroatoms. The van der Waals surface area contributed by atoms with Gasteiger partial charge < -0.3 is 15.8 Å². The maximum Gasteiger partial charge on any atom is 0.227 e. The number of nitrogens with two attached hydrogens (primary N) is 1. The third kappa shape index (κ3) is 4.32. The number of para-hydroxylation sites is 1. The Balaban J connectivity index is 1.93. The van der Waals surface area contributed by atoms with Crippen molar-refractivity contribution in [2.45, 2.75) is 33.2 Å². The number of hydrogen-bond donors (Lipinski definition) is 2. The van der Waals surface area contributed by atoms with Gasteiger partial charge in [-0.2, -0.15) is 0 Å². The third-order valence-electron chi connectivity index (χ3n) is 4.44. The standard InChI is InChI=1S/C19H25N3O2/c1-3-19(4-2,14-20)18(23)22-13-15-10-11-17(21-12-15)24-16-8-6-5-7-9-16/h5-12H,3-4,13-14,20H2,1-2H3,(H,22,23). The van der Waals surface area contributed by atoms with Gasteiger partial charge in [-0.05, 0) is 30.5 Å². The van der Waals surface area contributed by atoms with E-state index >= 15 is 0 Å². The van der Waals surface area contributed by atoms with Crippen molar-refractivity contribution in [2.24, 2.45) is 11.1 Å². The monoisotopic (exact) mass is 327 g/mol. The highest BCUT2D eigenvalue weighted by molar-refractivity contribution is 5.82. The first-order valence-electron chi connectivity index (χ1n) is 8.29. The van der Waals surface area contributed by atoms with E-state index < -0.39 is 5.41 Å². The summed E-state index contributed by atoms with van der Waals surface area (Å²) < 4.78 is 5.65. The molecule has 0 aliphatic carbocycles. The molecule has 128 valence electrons. The minimum absolute atomic E-state index is 0.000359. The summed E-state index contributed by atoms with van der Waals surface area (Å²) in [6, 6.07) is 13.2. The van der Waals surface area contributed by atoms with Crippen molar-refractivity contribution < 1.29 is 9.53 Å². The van der Waals surface area contributed by atoms with E-state index in [1.807, 2.05) is 50.2 Å². The molecule has 5 nitrogen and oxygen atoms in total. The van der Waals surface area contributed by atoms with E-state index in [1.54, 1.807) is 12.3 Å². The maximum atomic E-state index is 12.4. The Hall–Kier alpha value is -2.40. The number of nitrogens with one attached hydrogen (secondary N) is 1. The number of nitrogens with zero attached hydrogens (tertiary/aromatic N) is 1. The number of carbonyl (C=O) groups is 1. The summed E-state index contributed by atoms with van der Waals surface area (Å²) in [6.07, 6.45) is 3.17. The van der Waals surface area contributed by atoms with Crippen LogP contribution in [-0.2, 0) is 11.3 Å². The number of ether oxygens (including phenoxy) is 1. The lowest BCUT2D eigenvalue weighted by Gasteiger charge is -2.28. The van der Waals surface area contributed by atoms with Crippen LogP contribution >= 0.6 is 0 Å². The Labute approximate surface area is 143 Å². The minimum atomic E-state index is -0.482. The lowest BCUT2D eigenvalue weighted by Crippen LogP contribution is -2.45. The molecule has 0 fully saturated rings. The normalized spacial score (nSPS) is 11.1. The van der Waals surface area contributed by atoms with E-state index in [0.29, 0.717) is 19.0 Å². The quantitative estimate of drug-likeness (QED) is 0.780. The summed E-state index contributed by atoms with van der Waals surface area (Å²) in [4.78, 5) is 16.7. The SMILES string of the molecule is CCC(CC)(CN)C(=O)NCc1ccc(Oc2ccccc2)nc1. The summed E-state index contributed by atoms with van der Waals surface area (Å²) in [6.45, 7) is 4.77. The highest BCUT2D eigenvalue weighted by atomic mass is 16.5. The molecule has 0 bridgehead atoms. The van der Waals surface area contributed by atoms with Crippen LogP contribution in [0.5, 0.6) is 11.6 Å². The largest absolute Gasteiger partial charge is 0.439 e. The van der Waals surface area contributed by atoms with Gasteiger partial charge in [0.1, 0.15) is 5.75 Å². The third-order valence-corrected chi connectivity index (χ3v) is 4.44. The Morgan fingerprint density at radius 2 is 1.88 bits per heavy atom. The molecule has 24 heavy (non-hydrogen) atoms. The number of pyridine rings is 1. The topological polar surface area (TPSA) is 77.2 Å². The number of aromatic nitrogens is 1. The first-order valence-corrected chi connectivity index (χ1v) is 8.29. The van der Waals surface area contributed by atoms with Crippen LogP contribution in [0.2, 0.25) is 0 Å². The number of amides is 1. The van der Waals surface area contributed by atoms with Crippen molar-refractivity contribution in [3.8, 4) is 11.6 Å². The van der Waals surface area contributed by atoms with Gasteiger partial charge in [0, 0.05) is 25.4 Å². The predicted octanol–water partition coefficient (Wildman–Crippen LogP) is 3.26. The second-order valence-corrected chi connectivity index (χ2v) is 5.79.